The van der Waals surface area contributed by atoms with Crippen LogP contribution in [-0.2, 0) is 25.6 Å². The van der Waals surface area contributed by atoms with Gasteiger partial charge in [0.05, 0.1) is 12.5 Å². The second kappa shape index (κ2) is 12.7. The van der Waals surface area contributed by atoms with Crippen molar-refractivity contribution in [2.45, 2.75) is 43.8 Å². The third-order valence-electron chi connectivity index (χ3n) is 4.35. The number of carbonyl (C=O) groups excluding carboxylic acids is 3. The van der Waals surface area contributed by atoms with E-state index >= 15 is 0 Å². The van der Waals surface area contributed by atoms with Gasteiger partial charge in [-0.05, 0) is 30.5 Å². The Morgan fingerprint density at radius 1 is 0.969 bits per heavy atom. The molecule has 3 atom stereocenters. The molecule has 0 spiro atoms. The second-order valence-electron chi connectivity index (χ2n) is 7.05. The lowest BCUT2D eigenvalue weighted by molar-refractivity contribution is -0.141. The fourth-order valence-corrected chi connectivity index (χ4v) is 2.68. The first-order valence-electron chi connectivity index (χ1n) is 9.70. The highest BCUT2D eigenvalue weighted by molar-refractivity contribution is 5.94. The van der Waals surface area contributed by atoms with Gasteiger partial charge in [-0.1, -0.05) is 12.1 Å². The van der Waals surface area contributed by atoms with E-state index in [1.165, 1.54) is 24.3 Å². The number of carboxylic acids is 1. The van der Waals surface area contributed by atoms with Gasteiger partial charge in [-0.25, -0.2) is 0 Å². The predicted molar refractivity (Wildman–Crippen MR) is 115 cm³/mol. The molecule has 1 aromatic carbocycles. The third kappa shape index (κ3) is 9.75. The zero-order chi connectivity index (χ0) is 24.3. The van der Waals surface area contributed by atoms with E-state index in [-0.39, 0.29) is 31.1 Å². The molecule has 1 rings (SSSR count). The van der Waals surface area contributed by atoms with E-state index in [0.29, 0.717) is 12.0 Å². The third-order valence-corrected chi connectivity index (χ3v) is 4.35. The highest BCUT2D eigenvalue weighted by Crippen LogP contribution is 2.11. The Kier molecular flexibility index (Phi) is 10.4. The number of phenolic OH excluding ortho intramolecular Hbond substituents is 1. The second-order valence-corrected chi connectivity index (χ2v) is 7.05. The first-order chi connectivity index (χ1) is 15.0. The Morgan fingerprint density at radius 3 is 2.09 bits per heavy atom. The molecule has 0 saturated carbocycles. The van der Waals surface area contributed by atoms with Crippen molar-refractivity contribution in [1.82, 2.24) is 10.6 Å². The van der Waals surface area contributed by atoms with Crippen LogP contribution in [0.15, 0.2) is 29.3 Å². The predicted octanol–water partition coefficient (Wildman–Crippen LogP) is -2.75. The molecule has 0 bridgehead atoms. The maximum absolute atomic E-state index is 12.6. The van der Waals surface area contributed by atoms with Crippen LogP contribution in [0.4, 0.5) is 0 Å². The fourth-order valence-electron chi connectivity index (χ4n) is 2.68. The van der Waals surface area contributed by atoms with Crippen molar-refractivity contribution in [3.63, 3.8) is 0 Å². The van der Waals surface area contributed by atoms with Crippen LogP contribution in [-0.4, -0.2) is 64.5 Å². The average Bonchev–Trinajstić information content (AvgIpc) is 2.70. The van der Waals surface area contributed by atoms with E-state index in [2.05, 4.69) is 15.6 Å². The molecule has 0 aliphatic heterocycles. The van der Waals surface area contributed by atoms with Gasteiger partial charge in [0.1, 0.15) is 17.8 Å². The maximum atomic E-state index is 12.6. The molecule has 13 nitrogen and oxygen atoms in total. The first-order valence-corrected chi connectivity index (χ1v) is 9.70. The topological polar surface area (TPSA) is 249 Å². The van der Waals surface area contributed by atoms with Crippen LogP contribution in [0.3, 0.4) is 0 Å². The summed E-state index contributed by atoms with van der Waals surface area (Å²) in [6.07, 6.45) is -0.157. The van der Waals surface area contributed by atoms with Crippen LogP contribution in [0.1, 0.15) is 24.8 Å². The fraction of sp³-hybridized carbons (Fsp3) is 0.421. The number of rotatable bonds is 13. The highest BCUT2D eigenvalue weighted by atomic mass is 16.4. The van der Waals surface area contributed by atoms with Gasteiger partial charge in [-0.3, -0.25) is 24.2 Å². The van der Waals surface area contributed by atoms with Crippen molar-refractivity contribution in [2.24, 2.45) is 27.9 Å². The van der Waals surface area contributed by atoms with Gasteiger partial charge in [0, 0.05) is 13.0 Å². The minimum Gasteiger partial charge on any atom is -0.508 e. The van der Waals surface area contributed by atoms with Crippen LogP contribution in [0.25, 0.3) is 0 Å². The van der Waals surface area contributed by atoms with Crippen LogP contribution in [0.5, 0.6) is 5.75 Å². The van der Waals surface area contributed by atoms with E-state index in [9.17, 15) is 24.3 Å². The molecule has 0 unspecified atom stereocenters. The number of guanidine groups is 1. The number of phenols is 1. The molecule has 0 heterocycles. The number of aromatic hydroxyl groups is 1. The first kappa shape index (κ1) is 26.2. The van der Waals surface area contributed by atoms with Crippen molar-refractivity contribution in [3.05, 3.63) is 29.8 Å². The molecule has 12 N–H and O–H groups in total. The van der Waals surface area contributed by atoms with Crippen molar-refractivity contribution in [3.8, 4) is 5.75 Å². The molecule has 0 radical (unpaired) electrons. The van der Waals surface area contributed by atoms with Crippen LogP contribution >= 0.6 is 0 Å². The number of nitrogens with one attached hydrogen (secondary N) is 2. The van der Waals surface area contributed by atoms with Crippen molar-refractivity contribution >= 4 is 29.7 Å². The summed E-state index contributed by atoms with van der Waals surface area (Å²) < 4.78 is 0. The molecule has 13 heteroatoms. The Labute approximate surface area is 184 Å². The molecular formula is C19H29N7O6. The van der Waals surface area contributed by atoms with E-state index in [0.717, 1.165) is 0 Å². The molecule has 3 amide bonds. The number of carboxylic acid groups (broad SMARTS) is 1. The average molecular weight is 451 g/mol. The summed E-state index contributed by atoms with van der Waals surface area (Å²) in [5.41, 5.74) is 22.1. The smallest absolute Gasteiger partial charge is 0.305 e. The molecule has 176 valence electrons. The molecule has 0 saturated heterocycles. The summed E-state index contributed by atoms with van der Waals surface area (Å²) >= 11 is 0. The van der Waals surface area contributed by atoms with E-state index in [1.807, 2.05) is 0 Å². The Hall–Kier alpha value is -3.87. The Balaban J connectivity index is 2.78. The van der Waals surface area contributed by atoms with Gasteiger partial charge in [0.2, 0.25) is 17.7 Å². The summed E-state index contributed by atoms with van der Waals surface area (Å²) in [4.78, 5) is 51.6. The number of aliphatic imine (C=N–C) groups is 1. The van der Waals surface area contributed by atoms with Gasteiger partial charge in [-0.2, -0.15) is 0 Å². The largest absolute Gasteiger partial charge is 0.508 e. The molecule has 0 aromatic heterocycles. The van der Waals surface area contributed by atoms with Gasteiger partial charge < -0.3 is 43.8 Å². The highest BCUT2D eigenvalue weighted by Gasteiger charge is 2.29. The van der Waals surface area contributed by atoms with Gasteiger partial charge in [0.15, 0.2) is 5.96 Å². The standard InChI is InChI=1S/C19H29N7O6/c20-12(2-1-7-24-19(22)23)17(31)26-14(9-15(28)29)18(32)25-13(16(21)30)8-10-3-5-11(27)6-4-10/h3-6,12-14,27H,1-2,7-9,20H2,(H2,21,30)(H,25,32)(H,26,31)(H,28,29)(H4,22,23,24)/t12-,13-,14-/m0/s1. The molecule has 32 heavy (non-hydrogen) atoms. The lowest BCUT2D eigenvalue weighted by atomic mass is 10.0. The number of hydrogen-bond acceptors (Lipinski definition) is 7. The zero-order valence-corrected chi connectivity index (χ0v) is 17.4. The summed E-state index contributed by atoms with van der Waals surface area (Å²) in [5, 5.41) is 23.1. The monoisotopic (exact) mass is 451 g/mol. The summed E-state index contributed by atoms with van der Waals surface area (Å²) in [6.45, 7) is 0.250. The number of aliphatic carboxylic acids is 1. The number of hydrogen-bond donors (Lipinski definition) is 8. The SMILES string of the molecule is NC(=O)[C@H](Cc1ccc(O)cc1)NC(=O)[C@H](CC(=O)O)NC(=O)[C@@H](N)CCCN=C(N)N. The molecule has 0 aliphatic carbocycles. The van der Waals surface area contributed by atoms with Gasteiger partial charge in [-0.15, -0.1) is 0 Å². The minimum atomic E-state index is -1.48. The van der Waals surface area contributed by atoms with Crippen molar-refractivity contribution in [1.29, 1.82) is 0 Å². The number of carbonyl (C=O) groups is 4. The zero-order valence-electron chi connectivity index (χ0n) is 17.4. The lowest BCUT2D eigenvalue weighted by Gasteiger charge is -2.22. The number of nitrogens with zero attached hydrogens (tertiary/aromatic N) is 1. The molecule has 1 aromatic rings. The number of amides is 3. The quantitative estimate of drug-likeness (QED) is 0.0877. The van der Waals surface area contributed by atoms with Crippen molar-refractivity contribution in [2.75, 3.05) is 6.54 Å². The Bertz CT molecular complexity index is 839. The molecule has 0 aliphatic rings. The minimum absolute atomic E-state index is 0.000599. The Morgan fingerprint density at radius 2 is 1.56 bits per heavy atom. The summed E-state index contributed by atoms with van der Waals surface area (Å²) in [7, 11) is 0. The summed E-state index contributed by atoms with van der Waals surface area (Å²) in [6, 6.07) is 2.19. The van der Waals surface area contributed by atoms with Gasteiger partial charge in [0.25, 0.3) is 0 Å². The van der Waals surface area contributed by atoms with E-state index < -0.39 is 48.2 Å². The van der Waals surface area contributed by atoms with Crippen LogP contribution < -0.4 is 33.6 Å². The van der Waals surface area contributed by atoms with E-state index in [1.54, 1.807) is 0 Å². The molecular weight excluding hydrogens is 422 g/mol. The van der Waals surface area contributed by atoms with Crippen LogP contribution in [0.2, 0.25) is 0 Å². The van der Waals surface area contributed by atoms with Gasteiger partial charge >= 0.3 is 5.97 Å². The van der Waals surface area contributed by atoms with Crippen LogP contribution in [0, 0.1) is 0 Å². The van der Waals surface area contributed by atoms with Crippen molar-refractivity contribution < 1.29 is 29.4 Å². The molecule has 0 fully saturated rings. The number of benzene rings is 1. The van der Waals surface area contributed by atoms with E-state index in [4.69, 9.17) is 28.0 Å². The number of nitrogens with two attached hydrogens (primary N) is 4. The number of primary amides is 1. The maximum Gasteiger partial charge on any atom is 0.305 e. The normalized spacial score (nSPS) is 13.3. The lowest BCUT2D eigenvalue weighted by Crippen LogP contribution is -2.56. The summed E-state index contributed by atoms with van der Waals surface area (Å²) in [5.74, 6) is -3.93.